The van der Waals surface area contributed by atoms with Gasteiger partial charge in [-0.2, -0.15) is 0 Å². The minimum atomic E-state index is -3.90. The predicted molar refractivity (Wildman–Crippen MR) is 96.9 cm³/mol. The van der Waals surface area contributed by atoms with Gasteiger partial charge in [-0.3, -0.25) is 4.79 Å². The van der Waals surface area contributed by atoms with Crippen LogP contribution in [0.1, 0.15) is 37.8 Å². The lowest BCUT2D eigenvalue weighted by Crippen LogP contribution is -2.33. The number of rotatable bonds is 5. The van der Waals surface area contributed by atoms with Gasteiger partial charge in [0.25, 0.3) is 0 Å². The fraction of sp³-hybridized carbons (Fsp3) is 0.316. The fourth-order valence-corrected chi connectivity index (χ4v) is 3.80. The second kappa shape index (κ2) is 7.35. The lowest BCUT2D eigenvalue weighted by Gasteiger charge is -2.19. The normalized spacial score (nSPS) is 12.9. The molecule has 0 aliphatic rings. The Morgan fingerprint density at radius 1 is 1.04 bits per heavy atom. The molecule has 0 aromatic heterocycles. The molecule has 1 N–H and O–H groups in total. The number of nitrogens with one attached hydrogen (secondary N) is 1. The summed E-state index contributed by atoms with van der Waals surface area (Å²) < 4.78 is 38.2. The quantitative estimate of drug-likeness (QED) is 0.815. The zero-order chi connectivity index (χ0) is 18.8. The lowest BCUT2D eigenvalue weighted by atomic mass is 9.98. The minimum Gasteiger partial charge on any atom is -0.324 e. The molecule has 0 heterocycles. The molecule has 0 aliphatic heterocycles. The van der Waals surface area contributed by atoms with E-state index < -0.39 is 26.8 Å². The van der Waals surface area contributed by atoms with Crippen LogP contribution >= 0.6 is 0 Å². The summed E-state index contributed by atoms with van der Waals surface area (Å²) in [6, 6.07) is 10.1. The van der Waals surface area contributed by atoms with Crippen molar-refractivity contribution in [1.29, 1.82) is 0 Å². The van der Waals surface area contributed by atoms with E-state index in [-0.39, 0.29) is 10.8 Å². The molecular formula is C19H22FNO3S. The maximum atomic E-state index is 13.0. The second-order valence-electron chi connectivity index (χ2n) is 6.32. The predicted octanol–water partition coefficient (Wildman–Crippen LogP) is 4.06. The molecule has 0 saturated heterocycles. The first-order valence-corrected chi connectivity index (χ1v) is 9.59. The lowest BCUT2D eigenvalue weighted by molar-refractivity contribution is -0.115. The summed E-state index contributed by atoms with van der Waals surface area (Å²) in [5.41, 5.74) is 2.45. The molecule has 2 aromatic rings. The fourth-order valence-electron chi connectivity index (χ4n) is 2.54. The van der Waals surface area contributed by atoms with Gasteiger partial charge in [-0.15, -0.1) is 0 Å². The van der Waals surface area contributed by atoms with E-state index in [1.165, 1.54) is 19.1 Å². The van der Waals surface area contributed by atoms with Crippen molar-refractivity contribution < 1.29 is 17.6 Å². The van der Waals surface area contributed by atoms with E-state index in [1.807, 2.05) is 39.0 Å². The molecule has 0 aliphatic carbocycles. The van der Waals surface area contributed by atoms with Crippen molar-refractivity contribution in [3.63, 3.8) is 0 Å². The van der Waals surface area contributed by atoms with Crippen molar-refractivity contribution in [3.8, 4) is 0 Å². The Morgan fingerprint density at radius 3 is 2.20 bits per heavy atom. The third-order valence-corrected chi connectivity index (χ3v) is 6.23. The number of aryl methyl sites for hydroxylation is 1. The first kappa shape index (κ1) is 19.1. The van der Waals surface area contributed by atoms with Gasteiger partial charge in [-0.25, -0.2) is 12.8 Å². The van der Waals surface area contributed by atoms with Crippen LogP contribution in [0.5, 0.6) is 0 Å². The molecule has 134 valence electrons. The van der Waals surface area contributed by atoms with Crippen LogP contribution in [0.15, 0.2) is 47.4 Å². The van der Waals surface area contributed by atoms with Gasteiger partial charge in [0.1, 0.15) is 11.1 Å². The largest absolute Gasteiger partial charge is 0.324 e. The van der Waals surface area contributed by atoms with Crippen LogP contribution in [0.25, 0.3) is 0 Å². The van der Waals surface area contributed by atoms with E-state index in [2.05, 4.69) is 5.32 Å². The van der Waals surface area contributed by atoms with Crippen molar-refractivity contribution in [3.05, 3.63) is 59.4 Å². The average Bonchev–Trinajstić information content (AvgIpc) is 2.56. The Hall–Kier alpha value is -2.21. The standard InChI is InChI=1S/C19H22FNO3S/c1-12(2)17-7-5-6-13(3)18(17)21-19(22)14(4)25(23,24)16-10-8-15(20)9-11-16/h5-12,14H,1-4H3,(H,21,22)/t14-/m1/s1. The van der Waals surface area contributed by atoms with E-state index in [1.54, 1.807) is 0 Å². The van der Waals surface area contributed by atoms with Crippen LogP contribution in [-0.4, -0.2) is 19.6 Å². The molecule has 0 saturated carbocycles. The zero-order valence-corrected chi connectivity index (χ0v) is 15.5. The third-order valence-electron chi connectivity index (χ3n) is 4.15. The SMILES string of the molecule is Cc1cccc(C(C)C)c1NC(=O)[C@@H](C)S(=O)(=O)c1ccc(F)cc1. The van der Waals surface area contributed by atoms with Gasteiger partial charge >= 0.3 is 0 Å². The molecule has 0 unspecified atom stereocenters. The second-order valence-corrected chi connectivity index (χ2v) is 8.59. The molecule has 1 atom stereocenters. The highest BCUT2D eigenvalue weighted by molar-refractivity contribution is 7.92. The topological polar surface area (TPSA) is 63.2 Å². The van der Waals surface area contributed by atoms with Crippen molar-refractivity contribution in [2.75, 3.05) is 5.32 Å². The highest BCUT2D eigenvalue weighted by atomic mass is 32.2. The van der Waals surface area contributed by atoms with Crippen LogP contribution < -0.4 is 5.32 Å². The number of sulfone groups is 1. The molecular weight excluding hydrogens is 341 g/mol. The van der Waals surface area contributed by atoms with Gasteiger partial charge in [0, 0.05) is 5.69 Å². The Labute approximate surface area is 148 Å². The summed E-state index contributed by atoms with van der Waals surface area (Å²) >= 11 is 0. The van der Waals surface area contributed by atoms with Gasteiger partial charge in [-0.05, 0) is 55.2 Å². The molecule has 2 aromatic carbocycles. The van der Waals surface area contributed by atoms with Crippen molar-refractivity contribution >= 4 is 21.4 Å². The van der Waals surface area contributed by atoms with Gasteiger partial charge in [0.05, 0.1) is 4.90 Å². The molecule has 0 fully saturated rings. The molecule has 6 heteroatoms. The maximum Gasteiger partial charge on any atom is 0.242 e. The Balaban J connectivity index is 2.31. The number of carbonyl (C=O) groups excluding carboxylic acids is 1. The van der Waals surface area contributed by atoms with Crippen LogP contribution in [0, 0.1) is 12.7 Å². The number of anilines is 1. The van der Waals surface area contributed by atoms with E-state index >= 15 is 0 Å². The van der Waals surface area contributed by atoms with Crippen molar-refractivity contribution in [1.82, 2.24) is 0 Å². The molecule has 0 bridgehead atoms. The number of benzene rings is 2. The number of carbonyl (C=O) groups is 1. The van der Waals surface area contributed by atoms with Crippen molar-refractivity contribution in [2.24, 2.45) is 0 Å². The first-order valence-electron chi connectivity index (χ1n) is 8.04. The molecule has 1 amide bonds. The van der Waals surface area contributed by atoms with Gasteiger partial charge in [0.15, 0.2) is 9.84 Å². The number of hydrogen-bond donors (Lipinski definition) is 1. The van der Waals surface area contributed by atoms with Gasteiger partial charge in [0.2, 0.25) is 5.91 Å². The third kappa shape index (κ3) is 4.07. The number of hydrogen-bond acceptors (Lipinski definition) is 3. The Kier molecular flexibility index (Phi) is 5.62. The number of para-hydroxylation sites is 1. The van der Waals surface area contributed by atoms with E-state index in [9.17, 15) is 17.6 Å². The molecule has 2 rings (SSSR count). The van der Waals surface area contributed by atoms with Gasteiger partial charge in [-0.1, -0.05) is 32.0 Å². The summed E-state index contributed by atoms with van der Waals surface area (Å²) in [6.07, 6.45) is 0. The van der Waals surface area contributed by atoms with Crippen LogP contribution in [0.3, 0.4) is 0 Å². The monoisotopic (exact) mass is 363 g/mol. The smallest absolute Gasteiger partial charge is 0.242 e. The molecule has 0 radical (unpaired) electrons. The van der Waals surface area contributed by atoms with Gasteiger partial charge < -0.3 is 5.32 Å². The van der Waals surface area contributed by atoms with Crippen LogP contribution in [0.4, 0.5) is 10.1 Å². The van der Waals surface area contributed by atoms with E-state index in [0.29, 0.717) is 5.69 Å². The average molecular weight is 363 g/mol. The molecule has 25 heavy (non-hydrogen) atoms. The molecule has 4 nitrogen and oxygen atoms in total. The highest BCUT2D eigenvalue weighted by Gasteiger charge is 2.30. The summed E-state index contributed by atoms with van der Waals surface area (Å²) in [5, 5.41) is 1.46. The van der Waals surface area contributed by atoms with Crippen LogP contribution in [0.2, 0.25) is 0 Å². The summed E-state index contributed by atoms with van der Waals surface area (Å²) in [6.45, 7) is 7.20. The zero-order valence-electron chi connectivity index (χ0n) is 14.7. The number of halogens is 1. The number of amides is 1. The minimum absolute atomic E-state index is 0.0783. The van der Waals surface area contributed by atoms with E-state index in [4.69, 9.17) is 0 Å². The summed E-state index contributed by atoms with van der Waals surface area (Å²) in [4.78, 5) is 12.5. The Morgan fingerprint density at radius 2 is 1.64 bits per heavy atom. The summed E-state index contributed by atoms with van der Waals surface area (Å²) in [7, 11) is -3.90. The summed E-state index contributed by atoms with van der Waals surface area (Å²) in [5.74, 6) is -0.961. The highest BCUT2D eigenvalue weighted by Crippen LogP contribution is 2.28. The molecule has 0 spiro atoms. The Bertz CT molecular complexity index is 874. The first-order chi connectivity index (χ1) is 11.6. The van der Waals surface area contributed by atoms with Crippen molar-refractivity contribution in [2.45, 2.75) is 43.8 Å². The van der Waals surface area contributed by atoms with E-state index in [0.717, 1.165) is 23.3 Å². The maximum absolute atomic E-state index is 13.0. The van der Waals surface area contributed by atoms with Crippen LogP contribution in [-0.2, 0) is 14.6 Å².